The lowest BCUT2D eigenvalue weighted by atomic mass is 10.0. The predicted molar refractivity (Wildman–Crippen MR) is 150 cm³/mol. The first-order chi connectivity index (χ1) is 17.1. The lowest BCUT2D eigenvalue weighted by Crippen LogP contribution is -2.40. The fraction of sp³-hybridized carbons (Fsp3) is 0.867. The van der Waals surface area contributed by atoms with Gasteiger partial charge in [-0.1, -0.05) is 129 Å². The summed E-state index contributed by atoms with van der Waals surface area (Å²) in [4.78, 5) is 23.1. The highest BCUT2D eigenvalue weighted by molar-refractivity contribution is 5.91. The Labute approximate surface area is 217 Å². The van der Waals surface area contributed by atoms with Crippen LogP contribution >= 0.6 is 0 Å². The number of amides is 1. The number of nitrogens with two attached hydrogens (primary N) is 1. The van der Waals surface area contributed by atoms with Gasteiger partial charge in [-0.3, -0.25) is 4.79 Å². The summed E-state index contributed by atoms with van der Waals surface area (Å²) >= 11 is 0. The van der Waals surface area contributed by atoms with Crippen molar-refractivity contribution in [2.75, 3.05) is 6.54 Å². The van der Waals surface area contributed by atoms with Crippen molar-refractivity contribution in [1.82, 2.24) is 5.32 Å². The highest BCUT2D eigenvalue weighted by Crippen LogP contribution is 2.15. The second-order valence-electron chi connectivity index (χ2n) is 10.2. The molecule has 0 unspecified atom stereocenters. The molecule has 0 heterocycles. The number of unbranched alkanes of at least 4 members (excludes halogenated alkanes) is 20. The second-order valence-corrected chi connectivity index (χ2v) is 10.2. The van der Waals surface area contributed by atoms with Crippen molar-refractivity contribution in [3.05, 3.63) is 12.2 Å². The Hall–Kier alpha value is -1.36. The van der Waals surface area contributed by atoms with Crippen LogP contribution in [0.4, 0.5) is 0 Å². The Balaban J connectivity index is 3.39. The Morgan fingerprint density at radius 2 is 1.11 bits per heavy atom. The minimum Gasteiger partial charge on any atom is -0.480 e. The number of nitrogens with one attached hydrogen (secondary N) is 1. The molecule has 0 saturated heterocycles. The average molecular weight is 495 g/mol. The van der Waals surface area contributed by atoms with Gasteiger partial charge in [0.2, 0.25) is 5.91 Å². The quantitative estimate of drug-likeness (QED) is 0.0795. The molecule has 5 nitrogen and oxygen atoms in total. The first kappa shape index (κ1) is 33.6. The number of hydrogen-bond acceptors (Lipinski definition) is 3. The first-order valence-electron chi connectivity index (χ1n) is 15.0. The molecule has 0 aromatic rings. The average Bonchev–Trinajstić information content (AvgIpc) is 2.84. The van der Waals surface area contributed by atoms with Crippen LogP contribution in [0.3, 0.4) is 0 Å². The molecule has 0 aliphatic carbocycles. The van der Waals surface area contributed by atoms with Gasteiger partial charge in [0.05, 0.1) is 0 Å². The van der Waals surface area contributed by atoms with E-state index in [1.54, 1.807) is 0 Å². The molecule has 0 aliphatic heterocycles. The molecule has 0 rings (SSSR count). The maximum Gasteiger partial charge on any atom is 0.326 e. The van der Waals surface area contributed by atoms with Crippen molar-refractivity contribution < 1.29 is 14.7 Å². The number of aliphatic carboxylic acids is 1. The van der Waals surface area contributed by atoms with E-state index in [0.717, 1.165) is 19.3 Å². The van der Waals surface area contributed by atoms with Crippen molar-refractivity contribution in [3.8, 4) is 0 Å². The number of carboxylic acids is 1. The molecule has 0 radical (unpaired) electrons. The minimum atomic E-state index is -0.984. The van der Waals surface area contributed by atoms with Gasteiger partial charge < -0.3 is 16.2 Å². The zero-order chi connectivity index (χ0) is 25.8. The number of carboxylic acid groups (broad SMARTS) is 1. The molecule has 0 saturated carbocycles. The number of carbonyl (C=O) groups is 2. The zero-order valence-electron chi connectivity index (χ0n) is 23.0. The van der Waals surface area contributed by atoms with Gasteiger partial charge >= 0.3 is 5.97 Å². The summed E-state index contributed by atoms with van der Waals surface area (Å²) in [5.41, 5.74) is 5.44. The molecule has 0 aromatic carbocycles. The molecule has 35 heavy (non-hydrogen) atoms. The lowest BCUT2D eigenvalue weighted by Gasteiger charge is -2.12. The van der Waals surface area contributed by atoms with Crippen LogP contribution in [0.1, 0.15) is 155 Å². The van der Waals surface area contributed by atoms with Crippen molar-refractivity contribution >= 4 is 11.9 Å². The summed E-state index contributed by atoms with van der Waals surface area (Å²) < 4.78 is 0. The molecule has 0 fully saturated rings. The third-order valence-electron chi connectivity index (χ3n) is 6.81. The van der Waals surface area contributed by atoms with E-state index in [-0.39, 0.29) is 5.91 Å². The maximum atomic E-state index is 11.9. The van der Waals surface area contributed by atoms with Gasteiger partial charge in [-0.15, -0.1) is 0 Å². The summed E-state index contributed by atoms with van der Waals surface area (Å²) in [5.74, 6) is -1.30. The molecule has 1 amide bonds. The normalized spacial score (nSPS) is 12.3. The third kappa shape index (κ3) is 25.5. The third-order valence-corrected chi connectivity index (χ3v) is 6.81. The van der Waals surface area contributed by atoms with Gasteiger partial charge in [-0.25, -0.2) is 4.79 Å². The zero-order valence-corrected chi connectivity index (χ0v) is 23.0. The van der Waals surface area contributed by atoms with Gasteiger partial charge in [0.1, 0.15) is 6.04 Å². The molecule has 0 aliphatic rings. The summed E-state index contributed by atoms with van der Waals surface area (Å²) in [6, 6.07) is -0.825. The van der Waals surface area contributed by atoms with Crippen molar-refractivity contribution in [1.29, 1.82) is 0 Å². The maximum absolute atomic E-state index is 11.9. The molecule has 5 heteroatoms. The largest absolute Gasteiger partial charge is 0.480 e. The SMILES string of the molecule is CCCCCCCCCCCCCCCCCCCCCC=CC(=O)N[C@@H](CCCCN)C(=O)O. The summed E-state index contributed by atoms with van der Waals surface area (Å²) in [5, 5.41) is 11.8. The smallest absolute Gasteiger partial charge is 0.326 e. The standard InChI is InChI=1S/C30H58N2O3/c1-2-3-4-5-6-7-8-9-10-11-12-13-14-15-16-17-18-19-20-21-22-26-29(33)32-28(30(34)35)25-23-24-27-31/h22,26,28H,2-21,23-25,27,31H2,1H3,(H,32,33)(H,34,35)/t28-/m0/s1. The predicted octanol–water partition coefficient (Wildman–Crippen LogP) is 8.06. The van der Waals surface area contributed by atoms with E-state index in [0.29, 0.717) is 19.4 Å². The summed E-state index contributed by atoms with van der Waals surface area (Å²) in [6.45, 7) is 2.82. The van der Waals surface area contributed by atoms with Gasteiger partial charge in [0.15, 0.2) is 0 Å². The molecular formula is C30H58N2O3. The highest BCUT2D eigenvalue weighted by Gasteiger charge is 2.17. The van der Waals surface area contributed by atoms with Crippen LogP contribution in [0.5, 0.6) is 0 Å². The monoisotopic (exact) mass is 494 g/mol. The molecular weight excluding hydrogens is 436 g/mol. The van der Waals surface area contributed by atoms with Gasteiger partial charge in [0.25, 0.3) is 0 Å². The van der Waals surface area contributed by atoms with Crippen LogP contribution in [0.15, 0.2) is 12.2 Å². The minimum absolute atomic E-state index is 0.317. The molecule has 4 N–H and O–H groups in total. The number of allylic oxidation sites excluding steroid dienone is 1. The molecule has 0 spiro atoms. The molecule has 206 valence electrons. The number of hydrogen-bond donors (Lipinski definition) is 3. The van der Waals surface area contributed by atoms with E-state index < -0.39 is 12.0 Å². The fourth-order valence-electron chi connectivity index (χ4n) is 4.50. The van der Waals surface area contributed by atoms with E-state index in [9.17, 15) is 14.7 Å². The van der Waals surface area contributed by atoms with E-state index in [1.807, 2.05) is 6.08 Å². The van der Waals surface area contributed by atoms with E-state index in [2.05, 4.69) is 12.2 Å². The van der Waals surface area contributed by atoms with Gasteiger partial charge in [0, 0.05) is 0 Å². The van der Waals surface area contributed by atoms with Crippen LogP contribution in [-0.2, 0) is 9.59 Å². The van der Waals surface area contributed by atoms with Crippen LogP contribution in [0, 0.1) is 0 Å². The molecule has 0 aromatic heterocycles. The molecule has 1 atom stereocenters. The fourth-order valence-corrected chi connectivity index (χ4v) is 4.50. The second kappa shape index (κ2) is 27.2. The Kier molecular flexibility index (Phi) is 26.2. The summed E-state index contributed by atoms with van der Waals surface area (Å²) in [6.07, 6.45) is 32.1. The number of carbonyl (C=O) groups excluding carboxylic acids is 1. The van der Waals surface area contributed by atoms with Crippen LogP contribution in [0.25, 0.3) is 0 Å². The van der Waals surface area contributed by atoms with Crippen LogP contribution in [-0.4, -0.2) is 29.6 Å². The van der Waals surface area contributed by atoms with Gasteiger partial charge in [-0.2, -0.15) is 0 Å². The Bertz CT molecular complexity index is 508. The van der Waals surface area contributed by atoms with E-state index >= 15 is 0 Å². The topological polar surface area (TPSA) is 92.4 Å². The van der Waals surface area contributed by atoms with Crippen LogP contribution < -0.4 is 11.1 Å². The van der Waals surface area contributed by atoms with Crippen molar-refractivity contribution in [3.63, 3.8) is 0 Å². The lowest BCUT2D eigenvalue weighted by molar-refractivity contribution is -0.141. The summed E-state index contributed by atoms with van der Waals surface area (Å²) in [7, 11) is 0. The van der Waals surface area contributed by atoms with E-state index in [1.165, 1.54) is 122 Å². The first-order valence-corrected chi connectivity index (χ1v) is 15.0. The van der Waals surface area contributed by atoms with Crippen molar-refractivity contribution in [2.45, 2.75) is 161 Å². The van der Waals surface area contributed by atoms with Gasteiger partial charge in [-0.05, 0) is 44.7 Å². The van der Waals surface area contributed by atoms with Crippen molar-refractivity contribution in [2.24, 2.45) is 5.73 Å². The Morgan fingerprint density at radius 3 is 1.51 bits per heavy atom. The number of rotatable bonds is 27. The van der Waals surface area contributed by atoms with E-state index in [4.69, 9.17) is 5.73 Å². The van der Waals surface area contributed by atoms with Crippen LogP contribution in [0.2, 0.25) is 0 Å². The molecule has 0 bridgehead atoms. The highest BCUT2D eigenvalue weighted by atomic mass is 16.4. The Morgan fingerprint density at radius 1 is 0.686 bits per heavy atom.